The maximum atomic E-state index is 13.2. The summed E-state index contributed by atoms with van der Waals surface area (Å²) in [5.74, 6) is 0.344. The van der Waals surface area contributed by atoms with Crippen LogP contribution in [0.1, 0.15) is 33.2 Å². The van der Waals surface area contributed by atoms with Crippen molar-refractivity contribution in [3.8, 4) is 11.3 Å². The van der Waals surface area contributed by atoms with Crippen molar-refractivity contribution in [2.45, 2.75) is 27.7 Å². The molecule has 4 aromatic rings. The van der Waals surface area contributed by atoms with E-state index in [4.69, 9.17) is 9.51 Å². The van der Waals surface area contributed by atoms with Gasteiger partial charge in [-0.05, 0) is 39.8 Å². The van der Waals surface area contributed by atoms with Crippen LogP contribution in [0.3, 0.4) is 0 Å². The highest BCUT2D eigenvalue weighted by Gasteiger charge is 2.20. The maximum absolute atomic E-state index is 13.2. The van der Waals surface area contributed by atoms with Crippen molar-refractivity contribution in [3.05, 3.63) is 58.7 Å². The summed E-state index contributed by atoms with van der Waals surface area (Å²) >= 11 is 0. The molecule has 0 atom stereocenters. The second-order valence-electron chi connectivity index (χ2n) is 6.89. The van der Waals surface area contributed by atoms with Gasteiger partial charge in [0.15, 0.2) is 5.76 Å². The van der Waals surface area contributed by atoms with Gasteiger partial charge in [0, 0.05) is 23.7 Å². The lowest BCUT2D eigenvalue weighted by molar-refractivity contribution is 0.102. The van der Waals surface area contributed by atoms with E-state index in [1.54, 1.807) is 13.8 Å². The van der Waals surface area contributed by atoms with Crippen LogP contribution in [-0.4, -0.2) is 25.8 Å². The second-order valence-corrected chi connectivity index (χ2v) is 6.89. The largest absolute Gasteiger partial charge is 0.359 e. The molecule has 0 aliphatic rings. The molecule has 0 unspecified atom stereocenters. The average Bonchev–Trinajstić information content (AvgIpc) is 3.12. The van der Waals surface area contributed by atoms with Gasteiger partial charge in [-0.1, -0.05) is 23.4 Å². The number of anilines is 1. The number of fused-ring (bicyclic) bond motifs is 1. The fourth-order valence-electron chi connectivity index (χ4n) is 3.48. The minimum Gasteiger partial charge on any atom is -0.359 e. The Morgan fingerprint density at radius 1 is 1.11 bits per heavy atom. The zero-order chi connectivity index (χ0) is 20.0. The number of para-hydroxylation sites is 1. The lowest BCUT2D eigenvalue weighted by Crippen LogP contribution is -2.14. The van der Waals surface area contributed by atoms with E-state index in [2.05, 4.69) is 15.6 Å². The SMILES string of the molecule is Cc1noc(C)c1NC(=O)c1cc(-c2c(C)nn(C)c2C)nc2ccccc12. The van der Waals surface area contributed by atoms with Gasteiger partial charge in [-0.2, -0.15) is 5.10 Å². The van der Waals surface area contributed by atoms with Crippen LogP contribution in [0.5, 0.6) is 0 Å². The molecule has 7 heteroatoms. The molecule has 0 aliphatic heterocycles. The topological polar surface area (TPSA) is 85.8 Å². The minimum atomic E-state index is -0.228. The lowest BCUT2D eigenvalue weighted by atomic mass is 10.0. The second kappa shape index (κ2) is 6.60. The molecular weight excluding hydrogens is 354 g/mol. The highest BCUT2D eigenvalue weighted by atomic mass is 16.5. The number of hydrogen-bond donors (Lipinski definition) is 1. The lowest BCUT2D eigenvalue weighted by Gasteiger charge is -2.11. The summed E-state index contributed by atoms with van der Waals surface area (Å²) in [6, 6.07) is 9.45. The van der Waals surface area contributed by atoms with Crippen molar-refractivity contribution >= 4 is 22.5 Å². The van der Waals surface area contributed by atoms with Crippen LogP contribution in [0, 0.1) is 27.7 Å². The van der Waals surface area contributed by atoms with Gasteiger partial charge in [0.1, 0.15) is 11.4 Å². The number of nitrogens with one attached hydrogen (secondary N) is 1. The normalized spacial score (nSPS) is 11.2. The van der Waals surface area contributed by atoms with E-state index in [1.165, 1.54) is 0 Å². The molecular formula is C21H21N5O2. The smallest absolute Gasteiger partial charge is 0.256 e. The number of rotatable bonds is 3. The monoisotopic (exact) mass is 375 g/mol. The zero-order valence-electron chi connectivity index (χ0n) is 16.5. The highest BCUT2D eigenvalue weighted by Crippen LogP contribution is 2.30. The van der Waals surface area contributed by atoms with Gasteiger partial charge < -0.3 is 9.84 Å². The number of benzene rings is 1. The fourth-order valence-corrected chi connectivity index (χ4v) is 3.48. The standard InChI is InChI=1S/C21H21N5O2/c1-11-19(13(3)26(5)24-11)18-10-16(15-8-6-7-9-17(15)22-18)21(27)23-20-12(2)25-28-14(20)4/h6-10H,1-5H3,(H,23,27). The Morgan fingerprint density at radius 3 is 2.50 bits per heavy atom. The van der Waals surface area contributed by atoms with Crippen molar-refractivity contribution in [2.75, 3.05) is 5.32 Å². The van der Waals surface area contributed by atoms with E-state index in [1.807, 2.05) is 55.9 Å². The summed E-state index contributed by atoms with van der Waals surface area (Å²) in [7, 11) is 1.90. The van der Waals surface area contributed by atoms with Crippen LogP contribution in [0.15, 0.2) is 34.9 Å². The Kier molecular flexibility index (Phi) is 4.22. The first-order valence-electron chi connectivity index (χ1n) is 9.01. The van der Waals surface area contributed by atoms with E-state index in [9.17, 15) is 4.79 Å². The summed E-state index contributed by atoms with van der Waals surface area (Å²) in [6.45, 7) is 7.51. The van der Waals surface area contributed by atoms with Crippen LogP contribution >= 0.6 is 0 Å². The summed E-state index contributed by atoms with van der Waals surface area (Å²) in [5, 5.41) is 12.1. The third-order valence-electron chi connectivity index (χ3n) is 5.00. The molecule has 0 saturated carbocycles. The molecule has 0 bridgehead atoms. The quantitative estimate of drug-likeness (QED) is 0.582. The number of amides is 1. The van der Waals surface area contributed by atoms with Crippen LogP contribution in [0.25, 0.3) is 22.2 Å². The van der Waals surface area contributed by atoms with Gasteiger partial charge in [0.25, 0.3) is 5.91 Å². The summed E-state index contributed by atoms with van der Waals surface area (Å²) in [4.78, 5) is 18.0. The Bertz CT molecular complexity index is 1200. The first-order chi connectivity index (χ1) is 13.4. The Hall–Kier alpha value is -3.48. The van der Waals surface area contributed by atoms with Crippen molar-refractivity contribution in [2.24, 2.45) is 7.05 Å². The van der Waals surface area contributed by atoms with Gasteiger partial charge in [0.2, 0.25) is 0 Å². The first kappa shape index (κ1) is 17.9. The predicted molar refractivity (Wildman–Crippen MR) is 107 cm³/mol. The van der Waals surface area contributed by atoms with Gasteiger partial charge >= 0.3 is 0 Å². The molecule has 1 N–H and O–H groups in total. The van der Waals surface area contributed by atoms with E-state index in [-0.39, 0.29) is 5.91 Å². The van der Waals surface area contributed by atoms with Crippen molar-refractivity contribution in [3.63, 3.8) is 0 Å². The molecule has 4 rings (SSSR count). The van der Waals surface area contributed by atoms with Gasteiger partial charge in [-0.3, -0.25) is 9.48 Å². The van der Waals surface area contributed by atoms with Crippen LogP contribution in [-0.2, 0) is 7.05 Å². The Morgan fingerprint density at radius 2 is 1.86 bits per heavy atom. The zero-order valence-corrected chi connectivity index (χ0v) is 16.5. The Balaban J connectivity index is 1.89. The molecule has 0 spiro atoms. The van der Waals surface area contributed by atoms with E-state index >= 15 is 0 Å². The van der Waals surface area contributed by atoms with Crippen LogP contribution < -0.4 is 5.32 Å². The number of aryl methyl sites for hydroxylation is 4. The highest BCUT2D eigenvalue weighted by molar-refractivity contribution is 6.13. The molecule has 0 fully saturated rings. The molecule has 0 radical (unpaired) electrons. The molecule has 1 amide bonds. The van der Waals surface area contributed by atoms with Gasteiger partial charge in [-0.25, -0.2) is 4.98 Å². The van der Waals surface area contributed by atoms with Crippen LogP contribution in [0.2, 0.25) is 0 Å². The summed E-state index contributed by atoms with van der Waals surface area (Å²) in [5.41, 5.74) is 6.09. The Labute approximate surface area is 162 Å². The van der Waals surface area contributed by atoms with E-state index < -0.39 is 0 Å². The molecule has 3 aromatic heterocycles. The van der Waals surface area contributed by atoms with Gasteiger partial charge in [0.05, 0.1) is 22.5 Å². The van der Waals surface area contributed by atoms with Crippen molar-refractivity contribution in [1.82, 2.24) is 19.9 Å². The predicted octanol–water partition coefficient (Wildman–Crippen LogP) is 4.11. The molecule has 142 valence electrons. The minimum absolute atomic E-state index is 0.228. The van der Waals surface area contributed by atoms with E-state index in [0.717, 1.165) is 33.5 Å². The number of hydrogen-bond acceptors (Lipinski definition) is 5. The number of carbonyl (C=O) groups excluding carboxylic acids is 1. The summed E-state index contributed by atoms with van der Waals surface area (Å²) < 4.78 is 6.98. The molecule has 0 aliphatic carbocycles. The average molecular weight is 375 g/mol. The number of aromatic nitrogens is 4. The molecule has 3 heterocycles. The third kappa shape index (κ3) is 2.85. The summed E-state index contributed by atoms with van der Waals surface area (Å²) in [6.07, 6.45) is 0. The fraction of sp³-hybridized carbons (Fsp3) is 0.238. The molecule has 1 aromatic carbocycles. The van der Waals surface area contributed by atoms with Gasteiger partial charge in [-0.15, -0.1) is 0 Å². The first-order valence-corrected chi connectivity index (χ1v) is 9.01. The molecule has 0 saturated heterocycles. The maximum Gasteiger partial charge on any atom is 0.256 e. The van der Waals surface area contributed by atoms with Crippen LogP contribution in [0.4, 0.5) is 5.69 Å². The van der Waals surface area contributed by atoms with Crippen molar-refractivity contribution < 1.29 is 9.32 Å². The number of carbonyl (C=O) groups is 1. The molecule has 28 heavy (non-hydrogen) atoms. The third-order valence-corrected chi connectivity index (χ3v) is 5.00. The number of nitrogens with zero attached hydrogens (tertiary/aromatic N) is 4. The number of pyridine rings is 1. The molecule has 7 nitrogen and oxygen atoms in total. The van der Waals surface area contributed by atoms with Crippen molar-refractivity contribution in [1.29, 1.82) is 0 Å². The van der Waals surface area contributed by atoms with E-state index in [0.29, 0.717) is 22.7 Å².